The number of hydrogen-bond donors (Lipinski definition) is 2. The Morgan fingerprint density at radius 1 is 1.06 bits per heavy atom. The molecule has 0 aromatic carbocycles. The topological polar surface area (TPSA) is 52.0 Å². The molecule has 3 atom stereocenters. The van der Waals surface area contributed by atoms with E-state index in [1.54, 1.807) is 0 Å². The van der Waals surface area contributed by atoms with E-state index >= 15 is 0 Å². The van der Waals surface area contributed by atoms with Crippen LogP contribution in [0.5, 0.6) is 0 Å². The highest BCUT2D eigenvalue weighted by Gasteiger charge is 2.38. The molecule has 3 unspecified atom stereocenters. The first-order valence-corrected chi connectivity index (χ1v) is 7.83. The van der Waals surface area contributed by atoms with Crippen molar-refractivity contribution >= 4 is 31.9 Å². The van der Waals surface area contributed by atoms with Crippen LogP contribution in [0.3, 0.4) is 0 Å². The van der Waals surface area contributed by atoms with Gasteiger partial charge < -0.3 is 11.5 Å². The van der Waals surface area contributed by atoms with E-state index < -0.39 is 0 Å². The molecule has 18 heavy (non-hydrogen) atoms. The Morgan fingerprint density at radius 3 is 2.61 bits per heavy atom. The van der Waals surface area contributed by atoms with E-state index in [0.29, 0.717) is 5.92 Å². The van der Waals surface area contributed by atoms with Crippen molar-refractivity contribution < 1.29 is 0 Å². The maximum Gasteiger partial charge on any atom is 0.0458 e. The van der Waals surface area contributed by atoms with Crippen LogP contribution in [-0.2, 0) is 0 Å². The Hall–Kier alpha value is -0.160. The van der Waals surface area contributed by atoms with Crippen molar-refractivity contribution in [2.45, 2.75) is 31.3 Å². The normalized spacial score (nSPS) is 35.3. The number of allylic oxidation sites excluding steroid dienone is 5. The third-order valence-electron chi connectivity index (χ3n) is 4.12. The molecule has 0 saturated heterocycles. The highest BCUT2D eigenvalue weighted by molar-refractivity contribution is 9.12. The Labute approximate surface area is 124 Å². The van der Waals surface area contributed by atoms with E-state index in [2.05, 4.69) is 50.1 Å². The van der Waals surface area contributed by atoms with Gasteiger partial charge in [-0.1, -0.05) is 44.0 Å². The fraction of sp³-hybridized carbons (Fsp3) is 0.429. The van der Waals surface area contributed by atoms with Crippen LogP contribution >= 0.6 is 31.9 Å². The van der Waals surface area contributed by atoms with E-state index in [1.165, 1.54) is 25.7 Å². The van der Waals surface area contributed by atoms with Gasteiger partial charge in [0.1, 0.15) is 0 Å². The van der Waals surface area contributed by atoms with E-state index in [-0.39, 0.29) is 12.1 Å². The molecule has 0 spiro atoms. The van der Waals surface area contributed by atoms with E-state index in [0.717, 1.165) is 19.3 Å². The molecule has 96 valence electrons. The molecule has 2 nitrogen and oxygen atoms in total. The first-order valence-electron chi connectivity index (χ1n) is 6.25. The monoisotopic (exact) mass is 370 g/mol. The summed E-state index contributed by atoms with van der Waals surface area (Å²) in [5.74, 6) is 0.364. The molecule has 0 radical (unpaired) electrons. The van der Waals surface area contributed by atoms with E-state index in [4.69, 9.17) is 11.5 Å². The van der Waals surface area contributed by atoms with Crippen LogP contribution in [0.1, 0.15) is 19.3 Å². The minimum atomic E-state index is -0.0478. The van der Waals surface area contributed by atoms with Crippen molar-refractivity contribution in [3.05, 3.63) is 43.9 Å². The van der Waals surface area contributed by atoms with E-state index in [9.17, 15) is 0 Å². The van der Waals surface area contributed by atoms with Gasteiger partial charge in [0, 0.05) is 18.0 Å². The highest BCUT2D eigenvalue weighted by atomic mass is 79.9. The second-order valence-corrected chi connectivity index (χ2v) is 7.21. The first-order chi connectivity index (χ1) is 8.58. The van der Waals surface area contributed by atoms with Gasteiger partial charge in [0.05, 0.1) is 0 Å². The highest BCUT2D eigenvalue weighted by Crippen LogP contribution is 2.45. The molecule has 0 saturated carbocycles. The zero-order chi connectivity index (χ0) is 12.9. The summed E-state index contributed by atoms with van der Waals surface area (Å²) in [4.78, 5) is 0. The predicted octanol–water partition coefficient (Wildman–Crippen LogP) is 3.25. The molecule has 0 amide bonds. The molecule has 0 bridgehead atoms. The van der Waals surface area contributed by atoms with Crippen LogP contribution < -0.4 is 11.5 Å². The molecule has 3 rings (SSSR count). The number of halogens is 2. The Balaban J connectivity index is 2.13. The lowest BCUT2D eigenvalue weighted by Crippen LogP contribution is -2.51. The van der Waals surface area contributed by atoms with Gasteiger partial charge in [-0.15, -0.1) is 0 Å². The summed E-state index contributed by atoms with van der Waals surface area (Å²) in [6.07, 6.45) is 9.65. The Morgan fingerprint density at radius 2 is 1.83 bits per heavy atom. The van der Waals surface area contributed by atoms with Crippen LogP contribution in [0.2, 0.25) is 0 Å². The SMILES string of the molecule is NC1C2=C(CCC(Br)=C2)C2=CC=C(Br)CC2C1N. The summed E-state index contributed by atoms with van der Waals surface area (Å²) in [5.41, 5.74) is 16.7. The fourth-order valence-corrected chi connectivity index (χ4v) is 4.07. The zero-order valence-electron chi connectivity index (χ0n) is 10.00. The van der Waals surface area contributed by atoms with Crippen molar-refractivity contribution in [1.82, 2.24) is 0 Å². The van der Waals surface area contributed by atoms with Gasteiger partial charge in [-0.25, -0.2) is 0 Å². The lowest BCUT2D eigenvalue weighted by molar-refractivity contribution is 0.416. The minimum Gasteiger partial charge on any atom is -0.326 e. The molecule has 3 aliphatic rings. The maximum absolute atomic E-state index is 6.35. The smallest absolute Gasteiger partial charge is 0.0458 e. The summed E-state index contributed by atoms with van der Waals surface area (Å²) in [6.45, 7) is 0. The minimum absolute atomic E-state index is 0.00546. The third kappa shape index (κ3) is 1.99. The number of rotatable bonds is 0. The van der Waals surface area contributed by atoms with Gasteiger partial charge in [0.2, 0.25) is 0 Å². The third-order valence-corrected chi connectivity index (χ3v) is 5.33. The van der Waals surface area contributed by atoms with Crippen molar-refractivity contribution in [2.24, 2.45) is 17.4 Å². The van der Waals surface area contributed by atoms with Gasteiger partial charge in [-0.05, 0) is 51.0 Å². The lowest BCUT2D eigenvalue weighted by atomic mass is 9.69. The average molecular weight is 372 g/mol. The molecule has 0 aromatic rings. The van der Waals surface area contributed by atoms with Gasteiger partial charge >= 0.3 is 0 Å². The Kier molecular flexibility index (Phi) is 3.39. The van der Waals surface area contributed by atoms with Crippen molar-refractivity contribution in [1.29, 1.82) is 0 Å². The summed E-state index contributed by atoms with van der Waals surface area (Å²) in [7, 11) is 0. The van der Waals surface area contributed by atoms with Gasteiger partial charge in [-0.2, -0.15) is 0 Å². The second kappa shape index (κ2) is 4.75. The van der Waals surface area contributed by atoms with Gasteiger partial charge in [0.25, 0.3) is 0 Å². The molecule has 0 heterocycles. The van der Waals surface area contributed by atoms with Crippen LogP contribution in [-0.4, -0.2) is 12.1 Å². The van der Waals surface area contributed by atoms with Crippen LogP contribution in [0.15, 0.2) is 43.9 Å². The first kappa shape index (κ1) is 12.9. The second-order valence-electron chi connectivity index (χ2n) is 5.17. The molecule has 3 aliphatic carbocycles. The average Bonchev–Trinajstić information content (AvgIpc) is 2.36. The zero-order valence-corrected chi connectivity index (χ0v) is 13.2. The summed E-state index contributed by atoms with van der Waals surface area (Å²) < 4.78 is 2.45. The van der Waals surface area contributed by atoms with Crippen LogP contribution in [0.25, 0.3) is 0 Å². The van der Waals surface area contributed by atoms with Crippen molar-refractivity contribution in [3.8, 4) is 0 Å². The van der Waals surface area contributed by atoms with Crippen molar-refractivity contribution in [3.63, 3.8) is 0 Å². The van der Waals surface area contributed by atoms with Crippen molar-refractivity contribution in [2.75, 3.05) is 0 Å². The molecule has 4 N–H and O–H groups in total. The quantitative estimate of drug-likeness (QED) is 0.686. The molecule has 0 aliphatic heterocycles. The molecule has 0 fully saturated rings. The summed E-state index contributed by atoms with van der Waals surface area (Å²) >= 11 is 7.17. The summed E-state index contributed by atoms with van der Waals surface area (Å²) in [5, 5.41) is 0. The molecule has 4 heteroatoms. The maximum atomic E-state index is 6.35. The Bertz CT molecular complexity index is 514. The lowest BCUT2D eigenvalue weighted by Gasteiger charge is -2.41. The molecular formula is C14H16Br2N2. The molecule has 0 aromatic heterocycles. The number of hydrogen-bond acceptors (Lipinski definition) is 2. The van der Waals surface area contributed by atoms with Crippen LogP contribution in [0.4, 0.5) is 0 Å². The number of fused-ring (bicyclic) bond motifs is 2. The largest absolute Gasteiger partial charge is 0.326 e. The van der Waals surface area contributed by atoms with Gasteiger partial charge in [0.15, 0.2) is 0 Å². The fourth-order valence-electron chi connectivity index (χ4n) is 3.14. The van der Waals surface area contributed by atoms with Gasteiger partial charge in [-0.3, -0.25) is 0 Å². The number of nitrogens with two attached hydrogens (primary N) is 2. The van der Waals surface area contributed by atoms with Crippen LogP contribution in [0, 0.1) is 5.92 Å². The molecular weight excluding hydrogens is 356 g/mol. The summed E-state index contributed by atoms with van der Waals surface area (Å²) in [6, 6.07) is -0.0423. The van der Waals surface area contributed by atoms with E-state index in [1.807, 2.05) is 0 Å². The standard InChI is InChI=1S/C14H16Br2N2/c15-7-1-3-9-10-4-2-8(16)6-12(10)14(18)13(17)11(9)5-7/h1,3,6,11,13-14H,2,4-5,17-18H2. The predicted molar refractivity (Wildman–Crippen MR) is 82.4 cm³/mol.